The third kappa shape index (κ3) is 3.08. The number of allylic oxidation sites excluding steroid dienone is 2. The molecule has 0 bridgehead atoms. The van der Waals surface area contributed by atoms with Crippen LogP contribution in [0.15, 0.2) is 11.6 Å². The van der Waals surface area contributed by atoms with Gasteiger partial charge < -0.3 is 4.74 Å². The van der Waals surface area contributed by atoms with Crippen LogP contribution < -0.4 is 0 Å². The predicted octanol–water partition coefficient (Wildman–Crippen LogP) is 8.60. The predicted molar refractivity (Wildman–Crippen MR) is 140 cm³/mol. The van der Waals surface area contributed by atoms with Crippen molar-refractivity contribution >= 4 is 5.97 Å². The Morgan fingerprint density at radius 3 is 2.29 bits per heavy atom. The highest BCUT2D eigenvalue weighted by Gasteiger charge is 2.68. The first-order valence-electron chi connectivity index (χ1n) is 14.6. The van der Waals surface area contributed by atoms with E-state index in [-0.39, 0.29) is 22.9 Å². The molecule has 0 N–H and O–H groups in total. The summed E-state index contributed by atoms with van der Waals surface area (Å²) in [5.74, 6) is 3.90. The molecule has 2 heteroatoms. The second-order valence-corrected chi connectivity index (χ2v) is 15.3. The molecule has 2 nitrogen and oxygen atoms in total. The molecule has 0 amide bonds. The van der Waals surface area contributed by atoms with E-state index in [2.05, 4.69) is 61.5 Å². The summed E-state index contributed by atoms with van der Waals surface area (Å²) in [4.78, 5) is 11.9. The van der Waals surface area contributed by atoms with E-state index in [9.17, 15) is 4.79 Å². The lowest BCUT2D eigenvalue weighted by atomic mass is 9.35. The van der Waals surface area contributed by atoms with Gasteiger partial charge in [-0.1, -0.05) is 67.0 Å². The number of hydrogen-bond donors (Lipinski definition) is 0. The molecule has 5 aliphatic carbocycles. The Kier molecular flexibility index (Phi) is 5.57. The van der Waals surface area contributed by atoms with Crippen molar-refractivity contribution in [2.24, 2.45) is 56.7 Å². The van der Waals surface area contributed by atoms with E-state index in [1.165, 1.54) is 44.9 Å². The zero-order valence-corrected chi connectivity index (χ0v) is 23.7. The average Bonchev–Trinajstić information content (AvgIpc) is 3.08. The minimum Gasteiger partial charge on any atom is -0.462 e. The van der Waals surface area contributed by atoms with Gasteiger partial charge in [-0.2, -0.15) is 0 Å². The lowest BCUT2D eigenvalue weighted by molar-refractivity contribution is -0.180. The minimum atomic E-state index is -0.115. The summed E-state index contributed by atoms with van der Waals surface area (Å²) in [5.41, 5.74) is 3.33. The van der Waals surface area contributed by atoms with Gasteiger partial charge in [0.15, 0.2) is 0 Å². The summed E-state index contributed by atoms with van der Waals surface area (Å²) in [6, 6.07) is 0. The van der Waals surface area contributed by atoms with E-state index < -0.39 is 0 Å². The van der Waals surface area contributed by atoms with Gasteiger partial charge in [0, 0.05) is 12.3 Å². The van der Waals surface area contributed by atoms with Gasteiger partial charge in [-0.15, -0.1) is 0 Å². The summed E-state index contributed by atoms with van der Waals surface area (Å²) in [6.45, 7) is 22.0. The zero-order chi connectivity index (χ0) is 24.9. The standard InChI is InChI=1S/C32H52O2/c1-20(2)22-12-15-29(6)18-19-31(8)23(27(22)29)10-11-25-30(7)16-14-26(34-21(3)33)28(4,5)24(30)13-17-32(25,31)9/h11,20,22-24,26-27H,10,12-19H2,1-9H3/t22-,23+,24-,26-,27+,29+,30-,31+,32+/m0/s1. The van der Waals surface area contributed by atoms with E-state index in [0.29, 0.717) is 22.2 Å². The monoisotopic (exact) mass is 468 g/mol. The van der Waals surface area contributed by atoms with Crippen LogP contribution in [0.25, 0.3) is 0 Å². The first kappa shape index (κ1) is 24.9. The summed E-state index contributed by atoms with van der Waals surface area (Å²) in [6.07, 6.45) is 14.6. The molecule has 0 radical (unpaired) electrons. The van der Waals surface area contributed by atoms with Crippen LogP contribution in [-0.2, 0) is 9.53 Å². The molecule has 0 aromatic heterocycles. The van der Waals surface area contributed by atoms with E-state index in [4.69, 9.17) is 4.74 Å². The van der Waals surface area contributed by atoms with E-state index >= 15 is 0 Å². The van der Waals surface area contributed by atoms with Crippen molar-refractivity contribution in [1.82, 2.24) is 0 Å². The van der Waals surface area contributed by atoms with Crippen molar-refractivity contribution in [1.29, 1.82) is 0 Å². The highest BCUT2D eigenvalue weighted by atomic mass is 16.5. The molecule has 4 fully saturated rings. The molecular weight excluding hydrogens is 416 g/mol. The van der Waals surface area contributed by atoms with Gasteiger partial charge in [0.05, 0.1) is 0 Å². The molecule has 5 rings (SSSR count). The SMILES string of the molecule is CC(=O)O[C@H]1CC[C@]2(C)C3=CC[C@@H]4[C@H]5[C@H](C(C)C)CC[C@]5(C)CC[C@@]4(C)[C@]3(C)CC[C@H]2C1(C)C. The van der Waals surface area contributed by atoms with Crippen LogP contribution in [-0.4, -0.2) is 12.1 Å². The van der Waals surface area contributed by atoms with Crippen LogP contribution in [0.3, 0.4) is 0 Å². The average molecular weight is 469 g/mol. The number of fused-ring (bicyclic) bond motifs is 7. The summed E-state index contributed by atoms with van der Waals surface area (Å²) < 4.78 is 5.90. The minimum absolute atomic E-state index is 0.0257. The molecular formula is C32H52O2. The molecule has 0 unspecified atom stereocenters. The lowest BCUT2D eigenvalue weighted by Gasteiger charge is -2.70. The normalized spacial score (nSPS) is 51.6. The summed E-state index contributed by atoms with van der Waals surface area (Å²) in [7, 11) is 0. The number of hydrogen-bond acceptors (Lipinski definition) is 2. The second kappa shape index (κ2) is 7.61. The van der Waals surface area contributed by atoms with Gasteiger partial charge in [0.25, 0.3) is 0 Å². The Labute approximate surface area is 210 Å². The zero-order valence-electron chi connectivity index (χ0n) is 23.7. The van der Waals surface area contributed by atoms with Crippen molar-refractivity contribution in [3.63, 3.8) is 0 Å². The first-order chi connectivity index (χ1) is 15.7. The fourth-order valence-corrected chi connectivity index (χ4v) is 11.3. The number of rotatable bonds is 2. The Morgan fingerprint density at radius 1 is 0.941 bits per heavy atom. The number of esters is 1. The second-order valence-electron chi connectivity index (χ2n) is 15.3. The Bertz CT molecular complexity index is 883. The molecule has 0 saturated heterocycles. The molecule has 0 heterocycles. The van der Waals surface area contributed by atoms with Gasteiger partial charge >= 0.3 is 5.97 Å². The molecule has 4 saturated carbocycles. The Morgan fingerprint density at radius 2 is 1.65 bits per heavy atom. The summed E-state index contributed by atoms with van der Waals surface area (Å²) in [5, 5.41) is 0. The molecule has 0 spiro atoms. The summed E-state index contributed by atoms with van der Waals surface area (Å²) >= 11 is 0. The third-order valence-electron chi connectivity index (χ3n) is 13.3. The van der Waals surface area contributed by atoms with Crippen LogP contribution in [0.2, 0.25) is 0 Å². The van der Waals surface area contributed by atoms with Crippen LogP contribution in [0.4, 0.5) is 0 Å². The topological polar surface area (TPSA) is 26.3 Å². The molecule has 0 aliphatic heterocycles. The fraction of sp³-hybridized carbons (Fsp3) is 0.906. The maximum atomic E-state index is 11.9. The van der Waals surface area contributed by atoms with Gasteiger partial charge in [0.1, 0.15) is 6.10 Å². The Balaban J connectivity index is 1.54. The molecule has 0 aromatic rings. The van der Waals surface area contributed by atoms with E-state index in [0.717, 1.165) is 36.5 Å². The molecule has 9 atom stereocenters. The fourth-order valence-electron chi connectivity index (χ4n) is 11.3. The van der Waals surface area contributed by atoms with Gasteiger partial charge in [-0.25, -0.2) is 0 Å². The highest BCUT2D eigenvalue weighted by molar-refractivity contribution is 5.66. The molecule has 5 aliphatic rings. The highest BCUT2D eigenvalue weighted by Crippen LogP contribution is 2.76. The van der Waals surface area contributed by atoms with Crippen molar-refractivity contribution in [2.45, 2.75) is 126 Å². The van der Waals surface area contributed by atoms with Crippen LogP contribution in [0, 0.1) is 56.7 Å². The van der Waals surface area contributed by atoms with Crippen LogP contribution >= 0.6 is 0 Å². The molecule has 34 heavy (non-hydrogen) atoms. The molecule has 0 aromatic carbocycles. The third-order valence-corrected chi connectivity index (χ3v) is 13.3. The molecule has 192 valence electrons. The van der Waals surface area contributed by atoms with Crippen molar-refractivity contribution in [2.75, 3.05) is 0 Å². The lowest BCUT2D eigenvalue weighted by Crippen LogP contribution is -2.62. The van der Waals surface area contributed by atoms with Gasteiger partial charge in [-0.3, -0.25) is 4.79 Å². The number of carbonyl (C=O) groups is 1. The van der Waals surface area contributed by atoms with E-state index in [1.807, 2.05) is 0 Å². The van der Waals surface area contributed by atoms with Crippen molar-refractivity contribution in [3.8, 4) is 0 Å². The number of carbonyl (C=O) groups excluding carboxylic acids is 1. The van der Waals surface area contributed by atoms with E-state index in [1.54, 1.807) is 12.5 Å². The maximum Gasteiger partial charge on any atom is 0.302 e. The smallest absolute Gasteiger partial charge is 0.302 e. The maximum absolute atomic E-state index is 11.9. The van der Waals surface area contributed by atoms with Crippen LogP contribution in [0.1, 0.15) is 120 Å². The van der Waals surface area contributed by atoms with Crippen LogP contribution in [0.5, 0.6) is 0 Å². The Hall–Kier alpha value is -0.790. The first-order valence-corrected chi connectivity index (χ1v) is 14.6. The quantitative estimate of drug-likeness (QED) is 0.299. The van der Waals surface area contributed by atoms with Gasteiger partial charge in [0.2, 0.25) is 0 Å². The largest absolute Gasteiger partial charge is 0.462 e. The van der Waals surface area contributed by atoms with Crippen molar-refractivity contribution < 1.29 is 9.53 Å². The van der Waals surface area contributed by atoms with Gasteiger partial charge in [-0.05, 0) is 109 Å². The van der Waals surface area contributed by atoms with Crippen molar-refractivity contribution in [3.05, 3.63) is 11.6 Å². The number of ether oxygens (including phenoxy) is 1.